The number of nitrogens with zero attached hydrogens (tertiary/aromatic N) is 1. The number of hydrogen-bond donors (Lipinski definition) is 1. The second-order valence-corrected chi connectivity index (χ2v) is 6.31. The number of hydrogen-bond acceptors (Lipinski definition) is 3. The van der Waals surface area contributed by atoms with Gasteiger partial charge < -0.3 is 4.90 Å². The lowest BCUT2D eigenvalue weighted by Gasteiger charge is -2.17. The summed E-state index contributed by atoms with van der Waals surface area (Å²) in [5.74, 6) is -0.00817. The summed E-state index contributed by atoms with van der Waals surface area (Å²) in [6.07, 6.45) is 0. The first-order chi connectivity index (χ1) is 8.58. The molecule has 0 aliphatic heterocycles. The van der Waals surface area contributed by atoms with Gasteiger partial charge in [-0.1, -0.05) is 6.07 Å². The zero-order valence-electron chi connectivity index (χ0n) is 9.76. The molecule has 0 saturated carbocycles. The van der Waals surface area contributed by atoms with Gasteiger partial charge in [0.05, 0.1) is 12.1 Å². The molecule has 1 aromatic carbocycles. The summed E-state index contributed by atoms with van der Waals surface area (Å²) in [6.45, 7) is 0.625. The number of carbonyl (C=O) groups excluding carboxylic acids is 1. The van der Waals surface area contributed by atoms with Crippen molar-refractivity contribution < 1.29 is 4.79 Å². The minimum Gasteiger partial charge on any atom is -0.337 e. The Morgan fingerprint density at radius 1 is 1.44 bits per heavy atom. The topological polar surface area (TPSA) is 20.3 Å². The van der Waals surface area contributed by atoms with E-state index in [2.05, 4.69) is 28.6 Å². The highest BCUT2D eigenvalue weighted by atomic mass is 79.9. The number of carbonyl (C=O) groups is 1. The molecule has 2 aromatic rings. The van der Waals surface area contributed by atoms with Crippen molar-refractivity contribution in [1.29, 1.82) is 0 Å². The highest BCUT2D eigenvalue weighted by Gasteiger charge is 2.15. The molecule has 1 amide bonds. The third-order valence-electron chi connectivity index (χ3n) is 2.50. The van der Waals surface area contributed by atoms with Gasteiger partial charge in [0.2, 0.25) is 0 Å². The summed E-state index contributed by atoms with van der Waals surface area (Å²) in [5, 5.41) is 2.01. The Hall–Kier alpha value is -0.780. The molecule has 0 aliphatic rings. The standard InChI is InChI=1S/C13H12BrNOS2/c1-15(8-10-3-2-6-18-10)13(16)11-7-9(17)4-5-12(11)14/h2-7,17H,8H2,1H3. The predicted molar refractivity (Wildman–Crippen MR) is 81.5 cm³/mol. The zero-order valence-corrected chi connectivity index (χ0v) is 13.1. The van der Waals surface area contributed by atoms with Crippen LogP contribution in [0.5, 0.6) is 0 Å². The van der Waals surface area contributed by atoms with E-state index >= 15 is 0 Å². The number of benzene rings is 1. The number of thiophene rings is 1. The van der Waals surface area contributed by atoms with E-state index in [1.54, 1.807) is 29.4 Å². The fourth-order valence-electron chi connectivity index (χ4n) is 1.59. The Morgan fingerprint density at radius 3 is 2.89 bits per heavy atom. The fraction of sp³-hybridized carbons (Fsp3) is 0.154. The third-order valence-corrected chi connectivity index (χ3v) is 4.33. The van der Waals surface area contributed by atoms with Crippen LogP contribution in [0.3, 0.4) is 0 Å². The van der Waals surface area contributed by atoms with E-state index in [0.717, 1.165) is 9.37 Å². The maximum absolute atomic E-state index is 12.3. The first-order valence-electron chi connectivity index (χ1n) is 5.34. The number of thiol groups is 1. The molecule has 0 bridgehead atoms. The molecule has 0 spiro atoms. The molecule has 0 unspecified atom stereocenters. The average molecular weight is 342 g/mol. The highest BCUT2D eigenvalue weighted by molar-refractivity contribution is 9.10. The SMILES string of the molecule is CN(Cc1cccs1)C(=O)c1cc(S)ccc1Br. The van der Waals surface area contributed by atoms with E-state index < -0.39 is 0 Å². The first kappa shape index (κ1) is 13.6. The van der Waals surface area contributed by atoms with Crippen molar-refractivity contribution in [3.05, 3.63) is 50.6 Å². The summed E-state index contributed by atoms with van der Waals surface area (Å²) >= 11 is 9.31. The maximum Gasteiger partial charge on any atom is 0.255 e. The van der Waals surface area contributed by atoms with Gasteiger partial charge in [-0.05, 0) is 45.6 Å². The van der Waals surface area contributed by atoms with Gasteiger partial charge in [0.1, 0.15) is 0 Å². The van der Waals surface area contributed by atoms with Crippen molar-refractivity contribution >= 4 is 45.8 Å². The van der Waals surface area contributed by atoms with Crippen LogP contribution in [0, 0.1) is 0 Å². The molecular weight excluding hydrogens is 330 g/mol. The minimum absolute atomic E-state index is 0.00817. The van der Waals surface area contributed by atoms with Gasteiger partial charge in [-0.15, -0.1) is 24.0 Å². The highest BCUT2D eigenvalue weighted by Crippen LogP contribution is 2.22. The van der Waals surface area contributed by atoms with E-state index in [1.165, 1.54) is 4.88 Å². The zero-order chi connectivity index (χ0) is 13.1. The van der Waals surface area contributed by atoms with Crippen LogP contribution < -0.4 is 0 Å². The average Bonchev–Trinajstić information content (AvgIpc) is 2.84. The van der Waals surface area contributed by atoms with E-state index in [-0.39, 0.29) is 5.91 Å². The van der Waals surface area contributed by atoms with Crippen LogP contribution in [0.4, 0.5) is 0 Å². The summed E-state index contributed by atoms with van der Waals surface area (Å²) < 4.78 is 0.795. The number of amides is 1. The van der Waals surface area contributed by atoms with Gasteiger partial charge in [-0.2, -0.15) is 0 Å². The molecule has 94 valence electrons. The van der Waals surface area contributed by atoms with Crippen molar-refractivity contribution in [2.75, 3.05) is 7.05 Å². The van der Waals surface area contributed by atoms with Gasteiger partial charge >= 0.3 is 0 Å². The second kappa shape index (κ2) is 5.91. The monoisotopic (exact) mass is 341 g/mol. The van der Waals surface area contributed by atoms with Crippen LogP contribution in [0.25, 0.3) is 0 Å². The molecule has 0 fully saturated rings. The van der Waals surface area contributed by atoms with Gasteiger partial charge in [-0.3, -0.25) is 4.79 Å². The van der Waals surface area contributed by atoms with Crippen LogP contribution in [-0.2, 0) is 6.54 Å². The molecule has 0 radical (unpaired) electrons. The Morgan fingerprint density at radius 2 is 2.22 bits per heavy atom. The minimum atomic E-state index is -0.00817. The van der Waals surface area contributed by atoms with Gasteiger partial charge in [0.15, 0.2) is 0 Å². The fourth-order valence-corrected chi connectivity index (χ4v) is 2.97. The van der Waals surface area contributed by atoms with E-state index in [1.807, 2.05) is 29.6 Å². The Labute approximate surface area is 124 Å². The summed E-state index contributed by atoms with van der Waals surface area (Å²) in [4.78, 5) is 16.0. The van der Waals surface area contributed by atoms with Crippen LogP contribution in [0.2, 0.25) is 0 Å². The maximum atomic E-state index is 12.3. The second-order valence-electron chi connectivity index (χ2n) is 3.90. The van der Waals surface area contributed by atoms with Crippen LogP contribution >= 0.6 is 39.9 Å². The molecule has 2 nitrogen and oxygen atoms in total. The molecule has 2 rings (SSSR count). The van der Waals surface area contributed by atoms with Gasteiger partial charge in [0.25, 0.3) is 5.91 Å². The molecule has 0 N–H and O–H groups in total. The smallest absolute Gasteiger partial charge is 0.255 e. The lowest BCUT2D eigenvalue weighted by Crippen LogP contribution is -2.26. The van der Waals surface area contributed by atoms with Crippen molar-refractivity contribution in [2.45, 2.75) is 11.4 Å². The quantitative estimate of drug-likeness (QED) is 0.834. The van der Waals surface area contributed by atoms with Crippen molar-refractivity contribution in [1.82, 2.24) is 4.90 Å². The van der Waals surface area contributed by atoms with E-state index in [9.17, 15) is 4.79 Å². The Balaban J connectivity index is 2.17. The van der Waals surface area contributed by atoms with Crippen molar-refractivity contribution in [3.8, 4) is 0 Å². The molecule has 0 aliphatic carbocycles. The number of rotatable bonds is 3. The lowest BCUT2D eigenvalue weighted by molar-refractivity contribution is 0.0785. The van der Waals surface area contributed by atoms with Crippen LogP contribution in [0.15, 0.2) is 45.1 Å². The summed E-state index contributed by atoms with van der Waals surface area (Å²) in [6, 6.07) is 9.49. The summed E-state index contributed by atoms with van der Waals surface area (Å²) in [5.41, 5.74) is 0.640. The predicted octanol–water partition coefficient (Wildman–Crippen LogP) is 4.07. The lowest BCUT2D eigenvalue weighted by atomic mass is 10.2. The molecule has 5 heteroatoms. The molecule has 0 atom stereocenters. The summed E-state index contributed by atoms with van der Waals surface area (Å²) in [7, 11) is 1.81. The van der Waals surface area contributed by atoms with E-state index in [0.29, 0.717) is 12.1 Å². The van der Waals surface area contributed by atoms with Crippen LogP contribution in [-0.4, -0.2) is 17.9 Å². The molecular formula is C13H12BrNOS2. The molecule has 18 heavy (non-hydrogen) atoms. The van der Waals surface area contributed by atoms with Gasteiger partial charge in [-0.25, -0.2) is 0 Å². The van der Waals surface area contributed by atoms with Gasteiger partial charge in [0, 0.05) is 21.3 Å². The normalized spacial score (nSPS) is 10.4. The molecule has 1 aromatic heterocycles. The Kier molecular flexibility index (Phi) is 4.48. The van der Waals surface area contributed by atoms with E-state index in [4.69, 9.17) is 0 Å². The Bertz CT molecular complexity index is 554. The van der Waals surface area contributed by atoms with Crippen LogP contribution in [0.1, 0.15) is 15.2 Å². The van der Waals surface area contributed by atoms with Crippen molar-refractivity contribution in [2.24, 2.45) is 0 Å². The largest absolute Gasteiger partial charge is 0.337 e. The third kappa shape index (κ3) is 3.16. The molecule has 1 heterocycles. The first-order valence-corrected chi connectivity index (χ1v) is 7.46. The number of halogens is 1. The van der Waals surface area contributed by atoms with Crippen molar-refractivity contribution in [3.63, 3.8) is 0 Å². The molecule has 0 saturated heterocycles.